The molecule has 0 N–H and O–H groups in total. The summed E-state index contributed by atoms with van der Waals surface area (Å²) in [7, 11) is -3.52. The molecule has 2 saturated carbocycles. The van der Waals surface area contributed by atoms with Crippen molar-refractivity contribution in [3.63, 3.8) is 0 Å². The van der Waals surface area contributed by atoms with Gasteiger partial charge in [-0.15, -0.1) is 0 Å². The second kappa shape index (κ2) is 6.52. The average Bonchev–Trinajstić information content (AvgIpc) is 3.20. The summed E-state index contributed by atoms with van der Waals surface area (Å²) in [5, 5.41) is 0. The molecule has 8 heteroatoms. The number of carbonyl (C=O) groups is 1. The van der Waals surface area contributed by atoms with Crippen molar-refractivity contribution in [3.05, 3.63) is 22.8 Å². The van der Waals surface area contributed by atoms with Crippen molar-refractivity contribution in [2.24, 2.45) is 16.7 Å². The van der Waals surface area contributed by atoms with Gasteiger partial charge in [-0.3, -0.25) is 4.79 Å². The topological polar surface area (TPSA) is 76.6 Å². The van der Waals surface area contributed by atoms with Gasteiger partial charge in [0.05, 0.1) is 12.3 Å². The highest BCUT2D eigenvalue weighted by Gasteiger charge is 2.65. The summed E-state index contributed by atoms with van der Waals surface area (Å²) in [5.41, 5.74) is -0.961. The highest BCUT2D eigenvalue weighted by molar-refractivity contribution is 9.10. The second-order valence-electron chi connectivity index (χ2n) is 8.62. The van der Waals surface area contributed by atoms with Crippen molar-refractivity contribution in [1.82, 2.24) is 9.29 Å². The largest absolute Gasteiger partial charge is 0.473 e. The van der Waals surface area contributed by atoms with E-state index in [0.717, 1.165) is 10.9 Å². The third-order valence-electron chi connectivity index (χ3n) is 7.06. The Balaban J connectivity index is 1.46. The quantitative estimate of drug-likeness (QED) is 0.680. The lowest BCUT2D eigenvalue weighted by Crippen LogP contribution is -2.46. The van der Waals surface area contributed by atoms with Crippen LogP contribution in [0.5, 0.6) is 5.88 Å². The summed E-state index contributed by atoms with van der Waals surface area (Å²) in [6, 6.07) is 3.61. The molecule has 1 aromatic rings. The van der Waals surface area contributed by atoms with Gasteiger partial charge < -0.3 is 4.74 Å². The van der Waals surface area contributed by atoms with E-state index >= 15 is 0 Å². The first-order chi connectivity index (χ1) is 12.6. The molecule has 0 spiro atoms. The first-order valence-corrected chi connectivity index (χ1v) is 11.8. The Bertz CT molecular complexity index is 855. The third-order valence-corrected chi connectivity index (χ3v) is 9.50. The first-order valence-electron chi connectivity index (χ1n) is 9.43. The van der Waals surface area contributed by atoms with E-state index in [1.165, 1.54) is 4.31 Å². The van der Waals surface area contributed by atoms with E-state index in [9.17, 15) is 13.2 Å². The maximum absolute atomic E-state index is 13.1. The molecule has 0 radical (unpaired) electrons. The molecule has 0 amide bonds. The van der Waals surface area contributed by atoms with E-state index in [1.54, 1.807) is 12.3 Å². The summed E-state index contributed by atoms with van der Waals surface area (Å²) in [5.74, 6) is 0.884. The van der Waals surface area contributed by atoms with Crippen LogP contribution in [0.1, 0.15) is 39.5 Å². The number of ether oxygens (including phenoxy) is 1. The number of ketones is 1. The SMILES string of the molecule is CC1(C)C2CCC1(CS(=O)(=O)N1CCC(Oc3ccc(Br)cn3)C1)C(=O)C2. The summed E-state index contributed by atoms with van der Waals surface area (Å²) in [6.45, 7) is 4.88. The van der Waals surface area contributed by atoms with Crippen molar-refractivity contribution < 1.29 is 17.9 Å². The van der Waals surface area contributed by atoms with Crippen LogP contribution in [0.2, 0.25) is 0 Å². The summed E-state index contributed by atoms with van der Waals surface area (Å²) >= 11 is 3.33. The lowest BCUT2D eigenvalue weighted by molar-refractivity contribution is -0.128. The molecular weight excluding hydrogens is 432 g/mol. The van der Waals surface area contributed by atoms with Crippen LogP contribution in [0.15, 0.2) is 22.8 Å². The first kappa shape index (κ1) is 19.3. The number of sulfonamides is 1. The predicted octanol–water partition coefficient (Wildman–Crippen LogP) is 3.02. The zero-order valence-electron chi connectivity index (χ0n) is 15.7. The zero-order valence-corrected chi connectivity index (χ0v) is 18.1. The van der Waals surface area contributed by atoms with Crippen molar-refractivity contribution in [2.75, 3.05) is 18.8 Å². The number of Topliss-reactive ketones (excluding diaryl/α,β-unsaturated/α-hetero) is 1. The lowest BCUT2D eigenvalue weighted by Gasteiger charge is -2.37. The molecule has 2 heterocycles. The highest BCUT2D eigenvalue weighted by Crippen LogP contribution is 2.64. The standard InChI is InChI=1S/C19H25BrN2O4S/c1-18(2)13-5-7-19(18,16(23)9-13)12-27(24,25)22-8-6-15(11-22)26-17-4-3-14(20)10-21-17/h3-4,10,13,15H,5-9,11-12H2,1-2H3. The number of carbonyl (C=O) groups excluding carboxylic acids is 1. The maximum Gasteiger partial charge on any atom is 0.215 e. The molecule has 3 unspecified atom stereocenters. The molecule has 2 bridgehead atoms. The molecule has 1 saturated heterocycles. The van der Waals surface area contributed by atoms with Crippen LogP contribution in [0.4, 0.5) is 0 Å². The molecule has 3 aliphatic rings. The number of nitrogens with zero attached hydrogens (tertiary/aromatic N) is 2. The fourth-order valence-electron chi connectivity index (χ4n) is 5.16. The number of pyridine rings is 1. The van der Waals surface area contributed by atoms with Crippen LogP contribution in [0.3, 0.4) is 0 Å². The van der Waals surface area contributed by atoms with Gasteiger partial charge in [0, 0.05) is 35.1 Å². The molecule has 6 nitrogen and oxygen atoms in total. The van der Waals surface area contributed by atoms with Gasteiger partial charge in [0.1, 0.15) is 11.9 Å². The predicted molar refractivity (Wildman–Crippen MR) is 105 cm³/mol. The normalized spacial score (nSPS) is 32.9. The lowest BCUT2D eigenvalue weighted by atomic mass is 9.70. The Hall–Kier alpha value is -0.990. The molecule has 148 valence electrons. The molecular formula is C19H25BrN2O4S. The summed E-state index contributed by atoms with van der Waals surface area (Å²) < 4.78 is 34.5. The van der Waals surface area contributed by atoms with Gasteiger partial charge in [0.15, 0.2) is 0 Å². The van der Waals surface area contributed by atoms with Gasteiger partial charge in [-0.25, -0.2) is 13.4 Å². The molecule has 2 aliphatic carbocycles. The second-order valence-corrected chi connectivity index (χ2v) is 11.5. The minimum Gasteiger partial charge on any atom is -0.473 e. The number of fused-ring (bicyclic) bond motifs is 2. The molecule has 3 fully saturated rings. The fourth-order valence-corrected chi connectivity index (χ4v) is 7.65. The number of rotatable bonds is 5. The maximum atomic E-state index is 13.1. The van der Waals surface area contributed by atoms with Crippen LogP contribution in [-0.2, 0) is 14.8 Å². The third kappa shape index (κ3) is 3.13. The molecule has 4 rings (SSSR count). The van der Waals surface area contributed by atoms with E-state index in [4.69, 9.17) is 4.74 Å². The average molecular weight is 457 g/mol. The van der Waals surface area contributed by atoms with Crippen molar-refractivity contribution in [1.29, 1.82) is 0 Å². The van der Waals surface area contributed by atoms with Gasteiger partial charge in [0.2, 0.25) is 15.9 Å². The van der Waals surface area contributed by atoms with E-state index < -0.39 is 15.4 Å². The highest BCUT2D eigenvalue weighted by atomic mass is 79.9. The van der Waals surface area contributed by atoms with Gasteiger partial charge in [-0.1, -0.05) is 13.8 Å². The smallest absolute Gasteiger partial charge is 0.215 e. The minimum absolute atomic E-state index is 0.0639. The van der Waals surface area contributed by atoms with Crippen molar-refractivity contribution >= 4 is 31.7 Å². The Kier molecular flexibility index (Phi) is 4.67. The Labute approximate surface area is 168 Å². The van der Waals surface area contributed by atoms with Crippen LogP contribution >= 0.6 is 15.9 Å². The number of halogens is 1. The number of aromatic nitrogens is 1. The van der Waals surface area contributed by atoms with Crippen LogP contribution < -0.4 is 4.74 Å². The van der Waals surface area contributed by atoms with Crippen LogP contribution in [0.25, 0.3) is 0 Å². The minimum atomic E-state index is -3.52. The summed E-state index contributed by atoms with van der Waals surface area (Å²) in [6.07, 6.45) is 4.25. The summed E-state index contributed by atoms with van der Waals surface area (Å²) in [4.78, 5) is 16.9. The van der Waals surface area contributed by atoms with Crippen LogP contribution in [0, 0.1) is 16.7 Å². The van der Waals surface area contributed by atoms with Gasteiger partial charge in [0.25, 0.3) is 0 Å². The van der Waals surface area contributed by atoms with Crippen molar-refractivity contribution in [3.8, 4) is 5.88 Å². The molecule has 1 aromatic heterocycles. The van der Waals surface area contributed by atoms with Crippen molar-refractivity contribution in [2.45, 2.75) is 45.6 Å². The molecule has 27 heavy (non-hydrogen) atoms. The number of hydrogen-bond donors (Lipinski definition) is 0. The fraction of sp³-hybridized carbons (Fsp3) is 0.684. The van der Waals surface area contributed by atoms with Crippen LogP contribution in [-0.4, -0.2) is 48.4 Å². The Morgan fingerprint density at radius 3 is 2.70 bits per heavy atom. The van der Waals surface area contributed by atoms with E-state index in [0.29, 0.717) is 44.1 Å². The van der Waals surface area contributed by atoms with Gasteiger partial charge in [-0.2, -0.15) is 4.31 Å². The van der Waals surface area contributed by atoms with E-state index in [1.807, 2.05) is 6.07 Å². The van der Waals surface area contributed by atoms with E-state index in [-0.39, 0.29) is 23.1 Å². The van der Waals surface area contributed by atoms with E-state index in [2.05, 4.69) is 34.8 Å². The molecule has 1 aliphatic heterocycles. The zero-order chi connectivity index (χ0) is 19.4. The monoisotopic (exact) mass is 456 g/mol. The number of hydrogen-bond acceptors (Lipinski definition) is 5. The van der Waals surface area contributed by atoms with Gasteiger partial charge >= 0.3 is 0 Å². The molecule has 0 aromatic carbocycles. The Morgan fingerprint density at radius 1 is 1.33 bits per heavy atom. The molecule has 3 atom stereocenters. The Morgan fingerprint density at radius 2 is 2.11 bits per heavy atom. The van der Waals surface area contributed by atoms with Gasteiger partial charge in [-0.05, 0) is 52.6 Å².